The van der Waals surface area contributed by atoms with Gasteiger partial charge < -0.3 is 5.32 Å². The highest BCUT2D eigenvalue weighted by Gasteiger charge is 2.29. The van der Waals surface area contributed by atoms with Crippen LogP contribution in [0.25, 0.3) is 0 Å². The molecule has 1 aliphatic rings. The molecule has 0 bridgehead atoms. The second kappa shape index (κ2) is 7.99. The number of piperidine rings is 1. The van der Waals surface area contributed by atoms with Crippen LogP contribution in [0.2, 0.25) is 0 Å². The summed E-state index contributed by atoms with van der Waals surface area (Å²) in [4.78, 5) is 13.3. The van der Waals surface area contributed by atoms with Crippen LogP contribution in [0.4, 0.5) is 0 Å². The Hall–Kier alpha value is -1.05. The lowest BCUT2D eigenvalue weighted by Crippen LogP contribution is -2.45. The zero-order valence-corrected chi connectivity index (χ0v) is 14.3. The van der Waals surface area contributed by atoms with Crippen LogP contribution in [0.15, 0.2) is 35.2 Å². The van der Waals surface area contributed by atoms with Crippen molar-refractivity contribution in [2.24, 2.45) is 5.92 Å². The van der Waals surface area contributed by atoms with E-state index in [0.29, 0.717) is 19.6 Å². The molecule has 7 heteroatoms. The van der Waals surface area contributed by atoms with Gasteiger partial charge in [0, 0.05) is 30.3 Å². The lowest BCUT2D eigenvalue weighted by atomic mass is 9.99. The van der Waals surface area contributed by atoms with Gasteiger partial charge in [-0.15, -0.1) is 11.8 Å². The van der Waals surface area contributed by atoms with Crippen LogP contribution in [0.1, 0.15) is 12.8 Å². The molecule has 2 rings (SSSR count). The number of sulfonamides is 1. The standard InChI is InChI=1S/C15H22N2O3S2/c1-22(19,20)17-10-5-6-13(12-17)15(18)16-9-11-21-14-7-3-2-4-8-14/h2-4,7-8,13H,5-6,9-12H2,1H3,(H,16,18)/t13-/m0/s1. The van der Waals surface area contributed by atoms with Crippen LogP contribution < -0.4 is 5.32 Å². The molecule has 22 heavy (non-hydrogen) atoms. The summed E-state index contributed by atoms with van der Waals surface area (Å²) in [5, 5.41) is 2.91. The SMILES string of the molecule is CS(=O)(=O)N1CCC[C@H](C(=O)NCCSc2ccccc2)C1. The van der Waals surface area contributed by atoms with E-state index in [9.17, 15) is 13.2 Å². The van der Waals surface area contributed by atoms with Crippen molar-refractivity contribution in [3.05, 3.63) is 30.3 Å². The summed E-state index contributed by atoms with van der Waals surface area (Å²) in [6, 6.07) is 10.0. The maximum absolute atomic E-state index is 12.1. The van der Waals surface area contributed by atoms with E-state index in [0.717, 1.165) is 18.6 Å². The predicted octanol–water partition coefficient (Wildman–Crippen LogP) is 1.57. The van der Waals surface area contributed by atoms with E-state index in [1.165, 1.54) is 15.5 Å². The molecule has 0 aromatic heterocycles. The van der Waals surface area contributed by atoms with E-state index in [1.807, 2.05) is 30.3 Å². The highest BCUT2D eigenvalue weighted by molar-refractivity contribution is 7.99. The predicted molar refractivity (Wildman–Crippen MR) is 89.3 cm³/mol. The Morgan fingerprint density at radius 1 is 1.36 bits per heavy atom. The number of hydrogen-bond donors (Lipinski definition) is 1. The first-order valence-corrected chi connectivity index (χ1v) is 10.2. The molecule has 0 unspecified atom stereocenters. The first-order valence-electron chi connectivity index (χ1n) is 7.37. The molecule has 1 aromatic carbocycles. The molecule has 1 heterocycles. The third kappa shape index (κ3) is 5.30. The van der Waals surface area contributed by atoms with Gasteiger partial charge in [0.1, 0.15) is 0 Å². The fraction of sp³-hybridized carbons (Fsp3) is 0.533. The summed E-state index contributed by atoms with van der Waals surface area (Å²) < 4.78 is 24.5. The van der Waals surface area contributed by atoms with Crippen molar-refractivity contribution in [1.82, 2.24) is 9.62 Å². The molecule has 0 radical (unpaired) electrons. The van der Waals surface area contributed by atoms with Gasteiger partial charge in [-0.2, -0.15) is 0 Å². The lowest BCUT2D eigenvalue weighted by Gasteiger charge is -2.30. The number of nitrogens with zero attached hydrogens (tertiary/aromatic N) is 1. The molecule has 1 atom stereocenters. The number of carbonyl (C=O) groups excluding carboxylic acids is 1. The second-order valence-corrected chi connectivity index (χ2v) is 8.56. The lowest BCUT2D eigenvalue weighted by molar-refractivity contribution is -0.125. The zero-order chi connectivity index (χ0) is 16.0. The molecule has 122 valence electrons. The van der Waals surface area contributed by atoms with E-state index in [1.54, 1.807) is 11.8 Å². The van der Waals surface area contributed by atoms with Crippen LogP contribution in [0.3, 0.4) is 0 Å². The Morgan fingerprint density at radius 2 is 2.09 bits per heavy atom. The van der Waals surface area contributed by atoms with Gasteiger partial charge in [0.25, 0.3) is 0 Å². The summed E-state index contributed by atoms with van der Waals surface area (Å²) in [5.41, 5.74) is 0. The number of benzene rings is 1. The minimum absolute atomic E-state index is 0.0398. The van der Waals surface area contributed by atoms with Crippen LogP contribution in [-0.4, -0.2) is 50.3 Å². The topological polar surface area (TPSA) is 66.5 Å². The molecule has 1 amide bonds. The first-order chi connectivity index (χ1) is 10.5. The average molecular weight is 342 g/mol. The summed E-state index contributed by atoms with van der Waals surface area (Å²) in [6.45, 7) is 1.41. The first kappa shape index (κ1) is 17.3. The number of carbonyl (C=O) groups is 1. The van der Waals surface area contributed by atoms with E-state index in [4.69, 9.17) is 0 Å². The minimum Gasteiger partial charge on any atom is -0.355 e. The van der Waals surface area contributed by atoms with Crippen molar-refractivity contribution in [2.75, 3.05) is 31.6 Å². The van der Waals surface area contributed by atoms with Gasteiger partial charge >= 0.3 is 0 Å². The number of hydrogen-bond acceptors (Lipinski definition) is 4. The Morgan fingerprint density at radius 3 is 2.77 bits per heavy atom. The fourth-order valence-electron chi connectivity index (χ4n) is 2.46. The van der Waals surface area contributed by atoms with Crippen LogP contribution >= 0.6 is 11.8 Å². The van der Waals surface area contributed by atoms with Crippen molar-refractivity contribution in [3.63, 3.8) is 0 Å². The number of amides is 1. The van der Waals surface area contributed by atoms with Crippen LogP contribution in [0.5, 0.6) is 0 Å². The summed E-state index contributed by atoms with van der Waals surface area (Å²) in [6.07, 6.45) is 2.69. The maximum Gasteiger partial charge on any atom is 0.224 e. The number of thioether (sulfide) groups is 1. The van der Waals surface area contributed by atoms with Gasteiger partial charge in [-0.05, 0) is 25.0 Å². The van der Waals surface area contributed by atoms with Gasteiger partial charge in [0.2, 0.25) is 15.9 Å². The molecule has 1 N–H and O–H groups in total. The molecule has 1 aliphatic heterocycles. The molecule has 0 spiro atoms. The fourth-order valence-corrected chi connectivity index (χ4v) is 4.16. The summed E-state index contributed by atoms with van der Waals surface area (Å²) >= 11 is 1.69. The van der Waals surface area contributed by atoms with Gasteiger partial charge in [-0.25, -0.2) is 12.7 Å². The number of nitrogens with one attached hydrogen (secondary N) is 1. The van der Waals surface area contributed by atoms with Crippen LogP contribution in [-0.2, 0) is 14.8 Å². The van der Waals surface area contributed by atoms with Crippen molar-refractivity contribution < 1.29 is 13.2 Å². The zero-order valence-electron chi connectivity index (χ0n) is 12.7. The van der Waals surface area contributed by atoms with Gasteiger partial charge in [0.05, 0.1) is 12.2 Å². The van der Waals surface area contributed by atoms with Gasteiger partial charge in [0.15, 0.2) is 0 Å². The third-order valence-corrected chi connectivity index (χ3v) is 5.92. The molecule has 1 fully saturated rings. The molecular formula is C15H22N2O3S2. The van der Waals surface area contributed by atoms with E-state index < -0.39 is 10.0 Å². The molecule has 0 saturated carbocycles. The van der Waals surface area contributed by atoms with E-state index >= 15 is 0 Å². The Balaban J connectivity index is 1.73. The highest BCUT2D eigenvalue weighted by atomic mass is 32.2. The van der Waals surface area contributed by atoms with E-state index in [-0.39, 0.29) is 11.8 Å². The monoisotopic (exact) mass is 342 g/mol. The average Bonchev–Trinajstić information content (AvgIpc) is 2.52. The van der Waals surface area contributed by atoms with Crippen LogP contribution in [0, 0.1) is 5.92 Å². The van der Waals surface area contributed by atoms with Crippen molar-refractivity contribution >= 4 is 27.7 Å². The van der Waals surface area contributed by atoms with Crippen molar-refractivity contribution in [3.8, 4) is 0 Å². The summed E-state index contributed by atoms with van der Waals surface area (Å²) in [5.74, 6) is 0.533. The number of rotatable bonds is 6. The molecular weight excluding hydrogens is 320 g/mol. The third-order valence-electron chi connectivity index (χ3n) is 3.64. The van der Waals surface area contributed by atoms with Crippen molar-refractivity contribution in [1.29, 1.82) is 0 Å². The van der Waals surface area contributed by atoms with Gasteiger partial charge in [-0.3, -0.25) is 4.79 Å². The molecule has 0 aliphatic carbocycles. The summed E-state index contributed by atoms with van der Waals surface area (Å²) in [7, 11) is -3.20. The van der Waals surface area contributed by atoms with Crippen molar-refractivity contribution in [2.45, 2.75) is 17.7 Å². The van der Waals surface area contributed by atoms with Gasteiger partial charge in [-0.1, -0.05) is 18.2 Å². The normalized spacial score (nSPS) is 19.8. The molecule has 1 saturated heterocycles. The smallest absolute Gasteiger partial charge is 0.224 e. The maximum atomic E-state index is 12.1. The Labute approximate surface area is 136 Å². The second-order valence-electron chi connectivity index (χ2n) is 5.41. The molecule has 5 nitrogen and oxygen atoms in total. The molecule has 1 aromatic rings. The minimum atomic E-state index is -3.20. The quantitative estimate of drug-likeness (QED) is 0.629. The van der Waals surface area contributed by atoms with E-state index in [2.05, 4.69) is 5.32 Å². The highest BCUT2D eigenvalue weighted by Crippen LogP contribution is 2.19. The Bertz CT molecular complexity index is 590. The largest absolute Gasteiger partial charge is 0.355 e. The Kier molecular flexibility index (Phi) is 6.28.